The number of fused-ring (bicyclic) bond motifs is 1. The van der Waals surface area contributed by atoms with Crippen LogP contribution in [0.2, 0.25) is 0 Å². The maximum absolute atomic E-state index is 6.31. The van der Waals surface area contributed by atoms with Crippen LogP contribution in [0.1, 0.15) is 25.3 Å². The molecule has 1 aliphatic heterocycles. The van der Waals surface area contributed by atoms with Crippen molar-refractivity contribution in [1.82, 2.24) is 4.90 Å². The molecule has 0 aromatic heterocycles. The van der Waals surface area contributed by atoms with Crippen LogP contribution in [0.25, 0.3) is 10.8 Å². The maximum Gasteiger partial charge on any atom is 0.0594 e. The summed E-state index contributed by atoms with van der Waals surface area (Å²) in [5.41, 5.74) is 7.78. The Kier molecular flexibility index (Phi) is 5.31. The second kappa shape index (κ2) is 7.43. The molecule has 1 aliphatic rings. The number of benzene rings is 2. The number of morpholine rings is 1. The second-order valence-electron chi connectivity index (χ2n) is 6.57. The van der Waals surface area contributed by atoms with Gasteiger partial charge in [0.2, 0.25) is 0 Å². The van der Waals surface area contributed by atoms with Crippen LogP contribution in [-0.2, 0) is 10.2 Å². The first-order valence-electron chi connectivity index (χ1n) is 8.77. The SMILES string of the molecule is CC[C@@](CN)(CCN1CCOCC1)c1cccc2ccccc12. The lowest BCUT2D eigenvalue weighted by molar-refractivity contribution is 0.0343. The summed E-state index contributed by atoms with van der Waals surface area (Å²) in [5.74, 6) is 0. The molecule has 3 nitrogen and oxygen atoms in total. The fraction of sp³-hybridized carbons (Fsp3) is 0.500. The predicted octanol–water partition coefficient (Wildman–Crippen LogP) is 3.17. The molecule has 2 aromatic rings. The third-order valence-corrected chi connectivity index (χ3v) is 5.44. The third-order valence-electron chi connectivity index (χ3n) is 5.44. The quantitative estimate of drug-likeness (QED) is 0.890. The van der Waals surface area contributed by atoms with E-state index in [-0.39, 0.29) is 5.41 Å². The molecule has 23 heavy (non-hydrogen) atoms. The van der Waals surface area contributed by atoms with Crippen LogP contribution in [0.5, 0.6) is 0 Å². The molecule has 0 spiro atoms. The zero-order valence-electron chi connectivity index (χ0n) is 14.1. The summed E-state index contributed by atoms with van der Waals surface area (Å²) >= 11 is 0. The van der Waals surface area contributed by atoms with E-state index < -0.39 is 0 Å². The molecule has 0 unspecified atom stereocenters. The molecular formula is C20H28N2O. The Labute approximate surface area is 139 Å². The van der Waals surface area contributed by atoms with Gasteiger partial charge in [-0.25, -0.2) is 0 Å². The van der Waals surface area contributed by atoms with Gasteiger partial charge in [-0.05, 0) is 35.7 Å². The molecular weight excluding hydrogens is 284 g/mol. The van der Waals surface area contributed by atoms with E-state index >= 15 is 0 Å². The minimum absolute atomic E-state index is 0.0547. The molecule has 0 saturated carbocycles. The smallest absolute Gasteiger partial charge is 0.0594 e. The van der Waals surface area contributed by atoms with E-state index in [0.717, 1.165) is 45.7 Å². The molecule has 1 fully saturated rings. The molecule has 2 aromatic carbocycles. The van der Waals surface area contributed by atoms with Crippen molar-refractivity contribution in [3.05, 3.63) is 48.0 Å². The van der Waals surface area contributed by atoms with E-state index in [1.54, 1.807) is 0 Å². The van der Waals surface area contributed by atoms with Gasteiger partial charge in [0.15, 0.2) is 0 Å². The summed E-state index contributed by atoms with van der Waals surface area (Å²) in [4.78, 5) is 2.51. The molecule has 2 N–H and O–H groups in total. The topological polar surface area (TPSA) is 38.5 Å². The number of nitrogens with zero attached hydrogens (tertiary/aromatic N) is 1. The van der Waals surface area contributed by atoms with Gasteiger partial charge in [-0.3, -0.25) is 4.90 Å². The van der Waals surface area contributed by atoms with Gasteiger partial charge in [0.05, 0.1) is 13.2 Å². The number of hydrogen-bond donors (Lipinski definition) is 1. The summed E-state index contributed by atoms with van der Waals surface area (Å²) in [6.45, 7) is 7.86. The monoisotopic (exact) mass is 312 g/mol. The van der Waals surface area contributed by atoms with Gasteiger partial charge in [0.25, 0.3) is 0 Å². The Morgan fingerprint density at radius 2 is 1.83 bits per heavy atom. The zero-order chi connectivity index (χ0) is 16.1. The predicted molar refractivity (Wildman–Crippen MR) is 96.8 cm³/mol. The van der Waals surface area contributed by atoms with Gasteiger partial charge in [-0.1, -0.05) is 49.4 Å². The maximum atomic E-state index is 6.31. The number of nitrogens with two attached hydrogens (primary N) is 1. The largest absolute Gasteiger partial charge is 0.379 e. The third kappa shape index (κ3) is 3.42. The highest BCUT2D eigenvalue weighted by molar-refractivity contribution is 5.86. The Morgan fingerprint density at radius 1 is 1.09 bits per heavy atom. The highest BCUT2D eigenvalue weighted by atomic mass is 16.5. The summed E-state index contributed by atoms with van der Waals surface area (Å²) in [6.07, 6.45) is 2.18. The Balaban J connectivity index is 1.89. The van der Waals surface area contributed by atoms with Crippen LogP contribution in [0.4, 0.5) is 0 Å². The summed E-state index contributed by atoms with van der Waals surface area (Å²) in [5, 5.41) is 2.66. The fourth-order valence-electron chi connectivity index (χ4n) is 3.74. The van der Waals surface area contributed by atoms with Crippen molar-refractivity contribution >= 4 is 10.8 Å². The first kappa shape index (κ1) is 16.4. The number of hydrogen-bond acceptors (Lipinski definition) is 3. The van der Waals surface area contributed by atoms with Crippen molar-refractivity contribution in [2.24, 2.45) is 5.73 Å². The van der Waals surface area contributed by atoms with Crippen LogP contribution >= 0.6 is 0 Å². The Morgan fingerprint density at radius 3 is 2.57 bits per heavy atom. The van der Waals surface area contributed by atoms with Gasteiger partial charge in [0, 0.05) is 25.0 Å². The highest BCUT2D eigenvalue weighted by Crippen LogP contribution is 2.36. The van der Waals surface area contributed by atoms with Gasteiger partial charge >= 0.3 is 0 Å². The van der Waals surface area contributed by atoms with Crippen LogP contribution in [0.15, 0.2) is 42.5 Å². The average molecular weight is 312 g/mol. The van der Waals surface area contributed by atoms with Crippen molar-refractivity contribution in [3.8, 4) is 0 Å². The van der Waals surface area contributed by atoms with E-state index in [1.165, 1.54) is 16.3 Å². The van der Waals surface area contributed by atoms with E-state index in [1.807, 2.05) is 0 Å². The molecule has 1 saturated heterocycles. The summed E-state index contributed by atoms with van der Waals surface area (Å²) in [6, 6.07) is 15.3. The van der Waals surface area contributed by atoms with Crippen LogP contribution in [0, 0.1) is 0 Å². The van der Waals surface area contributed by atoms with Gasteiger partial charge < -0.3 is 10.5 Å². The molecule has 0 bridgehead atoms. The van der Waals surface area contributed by atoms with Gasteiger partial charge in [0.1, 0.15) is 0 Å². The lowest BCUT2D eigenvalue weighted by atomic mass is 9.73. The van der Waals surface area contributed by atoms with Crippen LogP contribution < -0.4 is 5.73 Å². The second-order valence-corrected chi connectivity index (χ2v) is 6.57. The van der Waals surface area contributed by atoms with Crippen LogP contribution in [-0.4, -0.2) is 44.3 Å². The number of rotatable bonds is 6. The van der Waals surface area contributed by atoms with E-state index in [0.29, 0.717) is 6.54 Å². The van der Waals surface area contributed by atoms with Crippen molar-refractivity contribution in [2.45, 2.75) is 25.2 Å². The summed E-state index contributed by atoms with van der Waals surface area (Å²) < 4.78 is 5.46. The lowest BCUT2D eigenvalue weighted by Crippen LogP contribution is -2.42. The fourth-order valence-corrected chi connectivity index (χ4v) is 3.74. The van der Waals surface area contributed by atoms with Crippen molar-refractivity contribution in [1.29, 1.82) is 0 Å². The Hall–Kier alpha value is -1.42. The minimum atomic E-state index is 0.0547. The van der Waals surface area contributed by atoms with Gasteiger partial charge in [-0.2, -0.15) is 0 Å². The molecule has 3 heteroatoms. The highest BCUT2D eigenvalue weighted by Gasteiger charge is 2.31. The molecule has 0 aliphatic carbocycles. The standard InChI is InChI=1S/C20H28N2O/c1-2-20(16-21,10-11-22-12-14-23-15-13-22)19-9-5-7-17-6-3-4-8-18(17)19/h3-9H,2,10-16,21H2,1H3/t20-/m0/s1. The lowest BCUT2D eigenvalue weighted by Gasteiger charge is -2.36. The molecule has 1 heterocycles. The minimum Gasteiger partial charge on any atom is -0.379 e. The van der Waals surface area contributed by atoms with E-state index in [4.69, 9.17) is 10.5 Å². The van der Waals surface area contributed by atoms with Gasteiger partial charge in [-0.15, -0.1) is 0 Å². The van der Waals surface area contributed by atoms with Crippen molar-refractivity contribution in [2.75, 3.05) is 39.4 Å². The normalized spacial score (nSPS) is 18.9. The zero-order valence-corrected chi connectivity index (χ0v) is 14.1. The molecule has 0 radical (unpaired) electrons. The van der Waals surface area contributed by atoms with Crippen molar-refractivity contribution < 1.29 is 4.74 Å². The first-order valence-corrected chi connectivity index (χ1v) is 8.77. The molecule has 3 rings (SSSR count). The summed E-state index contributed by atoms with van der Waals surface area (Å²) in [7, 11) is 0. The average Bonchev–Trinajstić information content (AvgIpc) is 2.64. The van der Waals surface area contributed by atoms with E-state index in [2.05, 4.69) is 54.3 Å². The van der Waals surface area contributed by atoms with E-state index in [9.17, 15) is 0 Å². The molecule has 1 atom stereocenters. The molecule has 124 valence electrons. The van der Waals surface area contributed by atoms with Crippen LogP contribution in [0.3, 0.4) is 0 Å². The first-order chi connectivity index (χ1) is 11.3. The van der Waals surface area contributed by atoms with Crippen molar-refractivity contribution in [3.63, 3.8) is 0 Å². The Bertz CT molecular complexity index is 625. The molecule has 0 amide bonds. The number of ether oxygens (including phenoxy) is 1.